The lowest BCUT2D eigenvalue weighted by Gasteiger charge is -2.47. The zero-order valence-electron chi connectivity index (χ0n) is 30.2. The molecule has 4 aromatic rings. The first-order chi connectivity index (χ1) is 25.9. The van der Waals surface area contributed by atoms with Crippen LogP contribution >= 0.6 is 0 Å². The molecule has 0 aromatic heterocycles. The van der Waals surface area contributed by atoms with Gasteiger partial charge in [-0.15, -0.1) is 0 Å². The summed E-state index contributed by atoms with van der Waals surface area (Å²) in [7, 11) is 3.74. The fourth-order valence-electron chi connectivity index (χ4n) is 8.74. The Bertz CT molecular complexity index is 2160. The van der Waals surface area contributed by atoms with Crippen molar-refractivity contribution in [2.45, 2.75) is 55.8 Å². The number of fused-ring (bicyclic) bond motifs is 9. The van der Waals surface area contributed by atoms with Gasteiger partial charge in [-0.05, 0) is 115 Å². The number of ether oxygens (including phenoxy) is 4. The van der Waals surface area contributed by atoms with Gasteiger partial charge < -0.3 is 44.7 Å². The maximum atomic E-state index is 10.8. The minimum atomic E-state index is -0.898. The molecule has 3 aliphatic heterocycles. The zero-order chi connectivity index (χ0) is 36.7. The van der Waals surface area contributed by atoms with Crippen molar-refractivity contribution >= 4 is 6.08 Å². The van der Waals surface area contributed by atoms with E-state index in [4.69, 9.17) is 18.9 Å². The smallest absolute Gasteiger partial charge is 0.161 e. The summed E-state index contributed by atoms with van der Waals surface area (Å²) in [6.45, 7) is 1.16. The van der Waals surface area contributed by atoms with E-state index in [2.05, 4.69) is 39.9 Å². The molecular formula is C42H47N3O8. The number of aliphatic hydroxyl groups is 2. The molecule has 6 N–H and O–H groups in total. The first-order valence-electron chi connectivity index (χ1n) is 18.5. The third-order valence-electron chi connectivity index (χ3n) is 11.1. The molecule has 4 aromatic carbocycles. The van der Waals surface area contributed by atoms with Crippen LogP contribution in [0.5, 0.6) is 28.7 Å². The molecule has 0 spiro atoms. The van der Waals surface area contributed by atoms with Gasteiger partial charge in [0.1, 0.15) is 35.6 Å². The molecule has 4 atom stereocenters. The summed E-state index contributed by atoms with van der Waals surface area (Å²) >= 11 is 0. The second-order valence-electron chi connectivity index (χ2n) is 14.5. The summed E-state index contributed by atoms with van der Waals surface area (Å²) in [5.41, 5.74) is 7.25. The van der Waals surface area contributed by atoms with Crippen molar-refractivity contribution in [3.8, 4) is 39.9 Å². The van der Waals surface area contributed by atoms with Crippen LogP contribution in [-0.2, 0) is 30.4 Å². The highest BCUT2D eigenvalue weighted by Gasteiger charge is 2.50. The normalized spacial score (nSPS) is 22.2. The van der Waals surface area contributed by atoms with Crippen LogP contribution in [0.4, 0.5) is 0 Å². The highest BCUT2D eigenvalue weighted by atomic mass is 16.6. The van der Waals surface area contributed by atoms with Crippen LogP contribution in [-0.4, -0.2) is 85.9 Å². The van der Waals surface area contributed by atoms with Crippen LogP contribution in [0.1, 0.15) is 51.8 Å². The van der Waals surface area contributed by atoms with Crippen LogP contribution in [0.3, 0.4) is 0 Å². The maximum Gasteiger partial charge on any atom is 0.161 e. The lowest BCUT2D eigenvalue weighted by Crippen LogP contribution is -2.54. The molecule has 0 bridgehead atoms. The van der Waals surface area contributed by atoms with E-state index >= 15 is 0 Å². The summed E-state index contributed by atoms with van der Waals surface area (Å²) in [5.74, 6) is 1.96. The quantitative estimate of drug-likeness (QED) is 0.121. The standard InChI is InChI=1S/C42H47N3O8/c1-43-22-42(51-23-44-2)20-34-33-17-27(16-24-3-9-35-25(15-24)11-12-45-35)32-19-28(48)5-7-30(32)38(33)40-31(8-6-29(21-47)52-40)39(34)53-41(42)26-4-10-36(49)37(18-26)50-14-13-46/h3-5,7,9-11,15,18-19,27,29,41,43-44,46-49H,6,8,12-14,16-17,20-23H2,1-2H3. The number of hydrogen-bond donors (Lipinski definition) is 6. The van der Waals surface area contributed by atoms with Gasteiger partial charge in [0.15, 0.2) is 17.6 Å². The van der Waals surface area contributed by atoms with Crippen molar-refractivity contribution in [1.82, 2.24) is 10.6 Å². The number of rotatable bonds is 12. The van der Waals surface area contributed by atoms with E-state index in [9.17, 15) is 20.4 Å². The van der Waals surface area contributed by atoms with E-state index in [0.717, 1.165) is 67.4 Å². The fraction of sp³-hybridized carbons (Fsp3) is 0.405. The summed E-state index contributed by atoms with van der Waals surface area (Å²) in [6, 6.07) is 17.3. The van der Waals surface area contributed by atoms with Crippen molar-refractivity contribution in [3.63, 3.8) is 0 Å². The number of aromatic hydroxyl groups is 2. The SMILES string of the molecule is CNCOC1(CNC)Cc2c3c(c4c(c2OC1c1ccc(O)c(OCCO)c1)CCC(CO)O4)-c1ccc(O)cc1C(Cc1ccc2c(c1)=CCN=2)C3. The molecule has 278 valence electrons. The van der Waals surface area contributed by atoms with Crippen molar-refractivity contribution in [3.05, 3.63) is 98.6 Å². The van der Waals surface area contributed by atoms with Gasteiger partial charge in [-0.1, -0.05) is 24.3 Å². The molecule has 0 radical (unpaired) electrons. The second-order valence-corrected chi connectivity index (χ2v) is 14.5. The van der Waals surface area contributed by atoms with Crippen LogP contribution in [0, 0.1) is 0 Å². The number of hydrogen-bond acceptors (Lipinski definition) is 11. The van der Waals surface area contributed by atoms with Crippen LogP contribution < -0.4 is 35.4 Å². The van der Waals surface area contributed by atoms with Gasteiger partial charge in [-0.25, -0.2) is 0 Å². The monoisotopic (exact) mass is 721 g/mol. The number of phenolic OH excluding ortho intramolecular Hbond substituents is 2. The van der Waals surface area contributed by atoms with E-state index in [1.165, 1.54) is 5.56 Å². The topological polar surface area (TPSA) is 154 Å². The van der Waals surface area contributed by atoms with Crippen LogP contribution in [0.15, 0.2) is 59.6 Å². The Labute approximate surface area is 308 Å². The largest absolute Gasteiger partial charge is 0.508 e. The van der Waals surface area contributed by atoms with E-state index < -0.39 is 11.7 Å². The number of phenols is 2. The Morgan fingerprint density at radius 1 is 0.943 bits per heavy atom. The van der Waals surface area contributed by atoms with Gasteiger partial charge >= 0.3 is 0 Å². The molecule has 4 unspecified atom stereocenters. The van der Waals surface area contributed by atoms with Crippen molar-refractivity contribution in [1.29, 1.82) is 0 Å². The second kappa shape index (κ2) is 14.6. The van der Waals surface area contributed by atoms with Crippen LogP contribution in [0.25, 0.3) is 17.2 Å². The zero-order valence-corrected chi connectivity index (χ0v) is 30.2. The molecule has 0 saturated carbocycles. The van der Waals surface area contributed by atoms with Gasteiger partial charge in [0, 0.05) is 29.7 Å². The van der Waals surface area contributed by atoms with Crippen molar-refractivity contribution < 1.29 is 39.4 Å². The average Bonchev–Trinajstić information content (AvgIpc) is 3.65. The maximum absolute atomic E-state index is 10.8. The molecule has 11 nitrogen and oxygen atoms in total. The molecule has 0 saturated heterocycles. The Balaban J connectivity index is 1.32. The summed E-state index contributed by atoms with van der Waals surface area (Å²) in [5, 5.41) is 49.9. The minimum Gasteiger partial charge on any atom is -0.508 e. The average molecular weight is 722 g/mol. The lowest BCUT2D eigenvalue weighted by molar-refractivity contribution is -0.128. The van der Waals surface area contributed by atoms with Gasteiger partial charge in [0.2, 0.25) is 0 Å². The van der Waals surface area contributed by atoms with E-state index in [0.29, 0.717) is 38.8 Å². The summed E-state index contributed by atoms with van der Waals surface area (Å²) in [4.78, 5) is 4.58. The first-order valence-corrected chi connectivity index (χ1v) is 18.5. The molecule has 3 heterocycles. The van der Waals surface area contributed by atoms with Crippen molar-refractivity contribution in [2.75, 3.05) is 53.7 Å². The molecular weight excluding hydrogens is 674 g/mol. The molecule has 1 aliphatic carbocycles. The third kappa shape index (κ3) is 6.40. The number of aliphatic hydroxyl groups excluding tert-OH is 2. The van der Waals surface area contributed by atoms with E-state index in [-0.39, 0.29) is 55.8 Å². The fourth-order valence-corrected chi connectivity index (χ4v) is 8.74. The van der Waals surface area contributed by atoms with Gasteiger partial charge in [0.05, 0.1) is 31.8 Å². The Morgan fingerprint density at radius 2 is 1.83 bits per heavy atom. The number of likely N-dealkylation sites (N-methyl/N-ethyl adjacent to an activating group) is 1. The van der Waals surface area contributed by atoms with Gasteiger partial charge in [0.25, 0.3) is 0 Å². The third-order valence-corrected chi connectivity index (χ3v) is 11.1. The Hall–Kier alpha value is -4.65. The van der Waals surface area contributed by atoms with Gasteiger partial charge in [-0.2, -0.15) is 0 Å². The number of benzene rings is 4. The number of nitrogens with zero attached hydrogens (tertiary/aromatic N) is 1. The molecule has 11 heteroatoms. The highest BCUT2D eigenvalue weighted by Crippen LogP contribution is 2.57. The molecule has 4 aliphatic rings. The lowest BCUT2D eigenvalue weighted by atomic mass is 9.70. The molecule has 8 rings (SSSR count). The summed E-state index contributed by atoms with van der Waals surface area (Å²) in [6.07, 6.45) is 4.39. The van der Waals surface area contributed by atoms with Crippen LogP contribution in [0.2, 0.25) is 0 Å². The molecule has 0 fully saturated rings. The van der Waals surface area contributed by atoms with E-state index in [1.807, 2.05) is 32.3 Å². The molecule has 53 heavy (non-hydrogen) atoms. The Kier molecular flexibility index (Phi) is 9.78. The number of nitrogens with one attached hydrogen (secondary N) is 2. The predicted molar refractivity (Wildman–Crippen MR) is 199 cm³/mol. The van der Waals surface area contributed by atoms with Crippen molar-refractivity contribution in [2.24, 2.45) is 4.99 Å². The highest BCUT2D eigenvalue weighted by molar-refractivity contribution is 5.85. The minimum absolute atomic E-state index is 0.0323. The van der Waals surface area contributed by atoms with Gasteiger partial charge in [-0.3, -0.25) is 10.3 Å². The molecule has 0 amide bonds. The summed E-state index contributed by atoms with van der Waals surface area (Å²) < 4.78 is 26.5. The predicted octanol–water partition coefficient (Wildman–Crippen LogP) is 2.95. The first kappa shape index (κ1) is 35.4. The van der Waals surface area contributed by atoms with E-state index in [1.54, 1.807) is 18.2 Å². The Morgan fingerprint density at radius 3 is 2.64 bits per heavy atom.